The van der Waals surface area contributed by atoms with Crippen LogP contribution in [-0.4, -0.2) is 98.8 Å². The molecular weight excluding hydrogens is 350 g/mol. The summed E-state index contributed by atoms with van der Waals surface area (Å²) < 4.78 is 26.3. The summed E-state index contributed by atoms with van der Waals surface area (Å²) in [5.41, 5.74) is 8.09. The minimum atomic E-state index is -1.43. The molecule has 0 aromatic rings. The van der Waals surface area contributed by atoms with E-state index in [9.17, 15) is 15.3 Å². The molecule has 0 aliphatic carbocycles. The Bertz CT molecular complexity index is 468. The van der Waals surface area contributed by atoms with Crippen molar-refractivity contribution in [3.05, 3.63) is 10.4 Å². The average molecular weight is 375 g/mol. The number of aliphatic hydroxyl groups is 3. The third kappa shape index (κ3) is 8.29. The Morgan fingerprint density at radius 1 is 1.00 bits per heavy atom. The number of aliphatic hydroxyl groups excluding tert-OH is 3. The van der Waals surface area contributed by atoms with Crippen molar-refractivity contribution in [1.82, 2.24) is 0 Å². The van der Waals surface area contributed by atoms with Crippen molar-refractivity contribution in [1.29, 1.82) is 0 Å². The van der Waals surface area contributed by atoms with Gasteiger partial charge in [0.15, 0.2) is 6.29 Å². The Balaban J connectivity index is 2.19. The highest BCUT2D eigenvalue weighted by atomic mass is 16.7. The van der Waals surface area contributed by atoms with Crippen LogP contribution in [0.3, 0.4) is 0 Å². The number of azide groups is 1. The molecule has 148 valence electrons. The molecule has 1 saturated heterocycles. The van der Waals surface area contributed by atoms with Crippen molar-refractivity contribution in [2.24, 2.45) is 5.11 Å². The molecule has 3 N–H and O–H groups in total. The predicted molar refractivity (Wildman–Crippen MR) is 87.9 cm³/mol. The fourth-order valence-electron chi connectivity index (χ4n) is 2.12. The number of ether oxygens (including phenoxy) is 5. The molecule has 0 amide bonds. The van der Waals surface area contributed by atoms with Gasteiger partial charge in [-0.3, -0.25) is 0 Å². The fourth-order valence-corrected chi connectivity index (χ4v) is 2.12. The molecule has 1 fully saturated rings. The second-order valence-electron chi connectivity index (χ2n) is 5.28. The lowest BCUT2D eigenvalue weighted by atomic mass is 9.99. The first-order chi connectivity index (χ1) is 12.6. The van der Waals surface area contributed by atoms with Gasteiger partial charge in [0, 0.05) is 11.5 Å². The van der Waals surface area contributed by atoms with Crippen LogP contribution in [0.1, 0.15) is 0 Å². The highest BCUT2D eigenvalue weighted by Gasteiger charge is 2.44. The predicted octanol–water partition coefficient (Wildman–Crippen LogP) is -1.20. The summed E-state index contributed by atoms with van der Waals surface area (Å²) in [5.74, 6) is 2.28. The van der Waals surface area contributed by atoms with Crippen molar-refractivity contribution < 1.29 is 39.0 Å². The largest absolute Gasteiger partial charge is 0.387 e. The highest BCUT2D eigenvalue weighted by molar-refractivity contribution is 4.90. The molecule has 0 radical (unpaired) electrons. The molecule has 0 spiro atoms. The van der Waals surface area contributed by atoms with Crippen molar-refractivity contribution in [2.75, 3.05) is 52.8 Å². The van der Waals surface area contributed by atoms with Crippen LogP contribution in [0.15, 0.2) is 5.11 Å². The maximum Gasteiger partial charge on any atom is 0.186 e. The van der Waals surface area contributed by atoms with Gasteiger partial charge in [-0.25, -0.2) is 0 Å². The number of hydrogen-bond acceptors (Lipinski definition) is 9. The second-order valence-corrected chi connectivity index (χ2v) is 5.28. The second kappa shape index (κ2) is 13.7. The number of terminal acetylenes is 1. The van der Waals surface area contributed by atoms with Crippen molar-refractivity contribution >= 4 is 0 Å². The minimum absolute atomic E-state index is 0.0372. The monoisotopic (exact) mass is 375 g/mol. The van der Waals surface area contributed by atoms with E-state index in [4.69, 9.17) is 35.6 Å². The lowest BCUT2D eigenvalue weighted by Gasteiger charge is -2.40. The first-order valence-corrected chi connectivity index (χ1v) is 8.10. The zero-order valence-corrected chi connectivity index (χ0v) is 14.3. The van der Waals surface area contributed by atoms with Gasteiger partial charge in [-0.05, 0) is 5.53 Å². The molecule has 1 heterocycles. The van der Waals surface area contributed by atoms with Gasteiger partial charge in [0.1, 0.15) is 31.0 Å². The standard InChI is InChI=1S/C15H25N3O8/c1-2-4-24-10-11-12(19)13(20)14(21)15(26-11)25-9-8-23-7-6-22-5-3-17-18-16/h1,11-15,19-21H,3-10H2/t11-,12+,13+,14-,15-/m1/s1. The topological polar surface area (TPSA) is 156 Å². The molecule has 0 aromatic heterocycles. The van der Waals surface area contributed by atoms with Crippen LogP contribution in [0, 0.1) is 12.3 Å². The van der Waals surface area contributed by atoms with E-state index in [0.717, 1.165) is 0 Å². The van der Waals surface area contributed by atoms with E-state index < -0.39 is 30.7 Å². The van der Waals surface area contributed by atoms with Gasteiger partial charge in [0.25, 0.3) is 0 Å². The van der Waals surface area contributed by atoms with Gasteiger partial charge < -0.3 is 39.0 Å². The number of nitrogens with zero attached hydrogens (tertiary/aromatic N) is 3. The molecule has 0 aromatic carbocycles. The van der Waals surface area contributed by atoms with E-state index in [1.807, 2.05) is 0 Å². The average Bonchev–Trinajstić information content (AvgIpc) is 2.64. The quantitative estimate of drug-likeness (QED) is 0.119. The third-order valence-electron chi connectivity index (χ3n) is 3.42. The van der Waals surface area contributed by atoms with Gasteiger partial charge in [0.05, 0.1) is 39.6 Å². The smallest absolute Gasteiger partial charge is 0.186 e. The summed E-state index contributed by atoms with van der Waals surface area (Å²) in [6.45, 7) is 1.53. The molecule has 1 aliphatic heterocycles. The van der Waals surface area contributed by atoms with Gasteiger partial charge in [0.2, 0.25) is 0 Å². The summed E-state index contributed by atoms with van der Waals surface area (Å²) in [6, 6.07) is 0. The summed E-state index contributed by atoms with van der Waals surface area (Å²) >= 11 is 0. The molecule has 11 nitrogen and oxygen atoms in total. The molecule has 1 rings (SSSR count). The fraction of sp³-hybridized carbons (Fsp3) is 0.867. The van der Waals surface area contributed by atoms with Crippen LogP contribution >= 0.6 is 0 Å². The molecular formula is C15H25N3O8. The van der Waals surface area contributed by atoms with Crippen molar-refractivity contribution in [3.8, 4) is 12.3 Å². The lowest BCUT2D eigenvalue weighted by Crippen LogP contribution is -2.59. The summed E-state index contributed by atoms with van der Waals surface area (Å²) in [7, 11) is 0. The van der Waals surface area contributed by atoms with E-state index in [2.05, 4.69) is 15.9 Å². The van der Waals surface area contributed by atoms with Gasteiger partial charge in [-0.1, -0.05) is 11.0 Å². The van der Waals surface area contributed by atoms with Crippen LogP contribution in [0.25, 0.3) is 10.4 Å². The van der Waals surface area contributed by atoms with Gasteiger partial charge in [-0.2, -0.15) is 0 Å². The van der Waals surface area contributed by atoms with E-state index in [-0.39, 0.29) is 33.0 Å². The van der Waals surface area contributed by atoms with Crippen molar-refractivity contribution in [3.63, 3.8) is 0 Å². The summed E-state index contributed by atoms with van der Waals surface area (Å²) in [5, 5.41) is 33.0. The van der Waals surface area contributed by atoms with Crippen LogP contribution in [0.5, 0.6) is 0 Å². The summed E-state index contributed by atoms with van der Waals surface area (Å²) in [4.78, 5) is 2.60. The van der Waals surface area contributed by atoms with E-state index in [1.54, 1.807) is 0 Å². The molecule has 11 heteroatoms. The van der Waals surface area contributed by atoms with Crippen molar-refractivity contribution in [2.45, 2.75) is 30.7 Å². The first-order valence-electron chi connectivity index (χ1n) is 8.10. The molecule has 0 saturated carbocycles. The Morgan fingerprint density at radius 3 is 2.38 bits per heavy atom. The maximum absolute atomic E-state index is 9.91. The van der Waals surface area contributed by atoms with E-state index in [0.29, 0.717) is 19.8 Å². The Morgan fingerprint density at radius 2 is 1.69 bits per heavy atom. The lowest BCUT2D eigenvalue weighted by molar-refractivity contribution is -0.303. The summed E-state index contributed by atoms with van der Waals surface area (Å²) in [6.07, 6.45) is -1.09. The molecule has 5 atom stereocenters. The third-order valence-corrected chi connectivity index (χ3v) is 3.42. The highest BCUT2D eigenvalue weighted by Crippen LogP contribution is 2.22. The molecule has 1 aliphatic rings. The SMILES string of the molecule is C#CCOC[C@H]1O[C@@H](OCCOCCOCCN=[N+]=[N-])[C@H](O)[C@@H](O)[C@H]1O. The van der Waals surface area contributed by atoms with Crippen LogP contribution in [-0.2, 0) is 23.7 Å². The first kappa shape index (κ1) is 22.6. The van der Waals surface area contributed by atoms with E-state index >= 15 is 0 Å². The van der Waals surface area contributed by atoms with Gasteiger partial charge in [-0.15, -0.1) is 6.42 Å². The zero-order valence-electron chi connectivity index (χ0n) is 14.3. The Kier molecular flexibility index (Phi) is 11.9. The number of rotatable bonds is 13. The normalized spacial score (nSPS) is 28.3. The minimum Gasteiger partial charge on any atom is -0.387 e. The number of hydrogen-bond donors (Lipinski definition) is 3. The Hall–Kier alpha value is -1.45. The zero-order chi connectivity index (χ0) is 19.2. The van der Waals surface area contributed by atoms with E-state index in [1.165, 1.54) is 0 Å². The molecule has 0 bridgehead atoms. The Labute approximate surface area is 151 Å². The van der Waals surface area contributed by atoms with Gasteiger partial charge >= 0.3 is 0 Å². The molecule has 26 heavy (non-hydrogen) atoms. The van der Waals surface area contributed by atoms with Crippen LogP contribution in [0.2, 0.25) is 0 Å². The van der Waals surface area contributed by atoms with Crippen LogP contribution in [0.4, 0.5) is 0 Å². The maximum atomic E-state index is 9.91. The molecule has 0 unspecified atom stereocenters. The van der Waals surface area contributed by atoms with Crippen LogP contribution < -0.4 is 0 Å².